The summed E-state index contributed by atoms with van der Waals surface area (Å²) in [6, 6.07) is 14.1. The van der Waals surface area contributed by atoms with Gasteiger partial charge in [-0.15, -0.1) is 0 Å². The molecule has 2 unspecified atom stereocenters. The normalized spacial score (nSPS) is 16.3. The molecule has 0 bridgehead atoms. The van der Waals surface area contributed by atoms with Crippen LogP contribution in [0.15, 0.2) is 42.5 Å². The number of anilines is 1. The predicted molar refractivity (Wildman–Crippen MR) is 172 cm³/mol. The Balaban J connectivity index is 1.32. The highest BCUT2D eigenvalue weighted by Gasteiger charge is 2.33. The first kappa shape index (κ1) is 35.6. The molecule has 1 aliphatic heterocycles. The van der Waals surface area contributed by atoms with E-state index in [-0.39, 0.29) is 17.9 Å². The van der Waals surface area contributed by atoms with Gasteiger partial charge in [0.2, 0.25) is 5.91 Å². The minimum absolute atomic E-state index is 0.0726. The molecule has 0 spiro atoms. The Morgan fingerprint density at radius 1 is 0.818 bits per heavy atom. The van der Waals surface area contributed by atoms with Crippen molar-refractivity contribution in [1.82, 2.24) is 5.32 Å². The summed E-state index contributed by atoms with van der Waals surface area (Å²) in [5, 5.41) is 2.90. The molecule has 10 heteroatoms. The van der Waals surface area contributed by atoms with E-state index in [1.807, 2.05) is 29.2 Å². The van der Waals surface area contributed by atoms with Crippen molar-refractivity contribution < 1.29 is 33.3 Å². The number of amides is 2. The predicted octanol–water partition coefficient (Wildman–Crippen LogP) is 4.01. The van der Waals surface area contributed by atoms with Crippen molar-refractivity contribution in [2.24, 2.45) is 11.7 Å². The van der Waals surface area contributed by atoms with Crippen LogP contribution in [0.1, 0.15) is 56.0 Å². The van der Waals surface area contributed by atoms with Crippen LogP contribution in [0.3, 0.4) is 0 Å². The van der Waals surface area contributed by atoms with Gasteiger partial charge in [0.15, 0.2) is 0 Å². The third-order valence-corrected chi connectivity index (χ3v) is 7.63. The lowest BCUT2D eigenvalue weighted by molar-refractivity contribution is -0.117. The van der Waals surface area contributed by atoms with Gasteiger partial charge < -0.3 is 39.6 Å². The van der Waals surface area contributed by atoms with Gasteiger partial charge in [0.25, 0.3) is 5.91 Å². The van der Waals surface area contributed by atoms with E-state index in [1.54, 1.807) is 6.92 Å². The van der Waals surface area contributed by atoms with Crippen LogP contribution in [0.2, 0.25) is 0 Å². The topological polar surface area (TPSA) is 122 Å². The van der Waals surface area contributed by atoms with Crippen molar-refractivity contribution in [1.29, 1.82) is 0 Å². The Morgan fingerprint density at radius 2 is 1.34 bits per heavy atom. The number of hydrogen-bond acceptors (Lipinski definition) is 8. The summed E-state index contributed by atoms with van der Waals surface area (Å²) in [5.74, 6) is 0.787. The van der Waals surface area contributed by atoms with E-state index in [0.29, 0.717) is 96.6 Å². The fourth-order valence-corrected chi connectivity index (χ4v) is 5.42. The quantitative estimate of drug-likeness (QED) is 0.215. The van der Waals surface area contributed by atoms with Gasteiger partial charge in [-0.2, -0.15) is 0 Å². The number of carbonyl (C=O) groups excluding carboxylic acids is 2. The molecule has 44 heavy (non-hydrogen) atoms. The lowest BCUT2D eigenvalue weighted by atomic mass is 9.78. The molecule has 2 atom stereocenters. The van der Waals surface area contributed by atoms with Crippen molar-refractivity contribution in [3.63, 3.8) is 0 Å². The second-order valence-corrected chi connectivity index (χ2v) is 11.3. The van der Waals surface area contributed by atoms with Crippen LogP contribution in [0.4, 0.5) is 5.69 Å². The fourth-order valence-electron chi connectivity index (χ4n) is 5.42. The van der Waals surface area contributed by atoms with Crippen molar-refractivity contribution in [3.05, 3.63) is 53.6 Å². The number of nitrogens with two attached hydrogens (primary N) is 1. The highest BCUT2D eigenvalue weighted by atomic mass is 16.6. The smallest absolute Gasteiger partial charge is 0.251 e. The first-order valence-electron chi connectivity index (χ1n) is 15.7. The van der Waals surface area contributed by atoms with Gasteiger partial charge in [0, 0.05) is 37.3 Å². The zero-order valence-corrected chi connectivity index (χ0v) is 26.8. The molecule has 0 saturated carbocycles. The largest absolute Gasteiger partial charge is 0.378 e. The third kappa shape index (κ3) is 11.3. The summed E-state index contributed by atoms with van der Waals surface area (Å²) in [5.41, 5.74) is 10.3. The Labute approximate surface area is 262 Å². The maximum atomic E-state index is 12.6. The molecule has 0 fully saturated rings. The SMILES string of the molecule is CC(=O)N1c2ccc(-c3ccc(C(=O)NCCOCCOCCOCCOCCOCCN)cc3)cc2C(C(C)C)CC1C. The van der Waals surface area contributed by atoms with Crippen molar-refractivity contribution in [2.45, 2.75) is 46.1 Å². The van der Waals surface area contributed by atoms with Gasteiger partial charge in [-0.25, -0.2) is 0 Å². The number of nitrogens with one attached hydrogen (secondary N) is 1. The molecule has 2 aromatic carbocycles. The van der Waals surface area contributed by atoms with E-state index in [9.17, 15) is 9.59 Å². The average Bonchev–Trinajstić information content (AvgIpc) is 3.01. The van der Waals surface area contributed by atoms with Crippen LogP contribution in [0.25, 0.3) is 11.1 Å². The van der Waals surface area contributed by atoms with Crippen LogP contribution in [-0.2, 0) is 28.5 Å². The first-order chi connectivity index (χ1) is 21.3. The van der Waals surface area contributed by atoms with Gasteiger partial charge in [-0.3, -0.25) is 9.59 Å². The monoisotopic (exact) mass is 613 g/mol. The van der Waals surface area contributed by atoms with E-state index in [2.05, 4.69) is 44.3 Å². The molecular formula is C34H51N3O7. The number of nitrogens with zero attached hydrogens (tertiary/aromatic N) is 1. The van der Waals surface area contributed by atoms with Crippen LogP contribution in [0, 0.1) is 5.92 Å². The molecule has 0 saturated heterocycles. The standard InChI is InChI=1S/C34H51N3O7/c1-25(2)31-23-26(3)37(27(4)38)33-10-9-30(24-32(31)33)28-5-7-29(8-6-28)34(39)36-12-14-41-16-18-43-20-22-44-21-19-42-17-15-40-13-11-35/h5-10,24-26,31H,11-23,35H2,1-4H3,(H,36,39). The molecule has 0 aliphatic carbocycles. The number of carbonyl (C=O) groups is 2. The van der Waals surface area contributed by atoms with Gasteiger partial charge >= 0.3 is 0 Å². The van der Waals surface area contributed by atoms with E-state index in [0.717, 1.165) is 23.2 Å². The van der Waals surface area contributed by atoms with E-state index < -0.39 is 0 Å². The minimum Gasteiger partial charge on any atom is -0.378 e. The Hall–Kier alpha value is -2.86. The van der Waals surface area contributed by atoms with E-state index in [4.69, 9.17) is 29.4 Å². The molecular weight excluding hydrogens is 562 g/mol. The molecule has 0 radical (unpaired) electrons. The maximum Gasteiger partial charge on any atom is 0.251 e. The lowest BCUT2D eigenvalue weighted by Gasteiger charge is -2.40. The van der Waals surface area contributed by atoms with Gasteiger partial charge in [-0.1, -0.05) is 32.0 Å². The lowest BCUT2D eigenvalue weighted by Crippen LogP contribution is -2.42. The molecule has 244 valence electrons. The zero-order valence-electron chi connectivity index (χ0n) is 26.8. The summed E-state index contributed by atoms with van der Waals surface area (Å²) in [7, 11) is 0. The molecule has 2 aromatic rings. The fraction of sp³-hybridized carbons (Fsp3) is 0.588. The highest BCUT2D eigenvalue weighted by molar-refractivity contribution is 5.95. The summed E-state index contributed by atoms with van der Waals surface area (Å²) in [4.78, 5) is 27.0. The molecule has 3 rings (SSSR count). The van der Waals surface area contributed by atoms with Gasteiger partial charge in [0.05, 0.1) is 66.1 Å². The first-order valence-corrected chi connectivity index (χ1v) is 15.7. The van der Waals surface area contributed by atoms with E-state index in [1.165, 1.54) is 5.56 Å². The number of ether oxygens (including phenoxy) is 5. The number of hydrogen-bond donors (Lipinski definition) is 2. The Kier molecular flexibility index (Phi) is 15.8. The molecule has 10 nitrogen and oxygen atoms in total. The summed E-state index contributed by atoms with van der Waals surface area (Å²) < 4.78 is 27.1. The van der Waals surface area contributed by atoms with Crippen LogP contribution >= 0.6 is 0 Å². The number of fused-ring (bicyclic) bond motifs is 1. The second-order valence-electron chi connectivity index (χ2n) is 11.3. The Morgan fingerprint density at radius 3 is 1.86 bits per heavy atom. The molecule has 1 heterocycles. The Bertz CT molecular complexity index is 1140. The molecule has 0 aromatic heterocycles. The minimum atomic E-state index is -0.142. The third-order valence-electron chi connectivity index (χ3n) is 7.63. The summed E-state index contributed by atoms with van der Waals surface area (Å²) in [6.45, 7) is 14.1. The highest BCUT2D eigenvalue weighted by Crippen LogP contribution is 2.43. The molecule has 3 N–H and O–H groups in total. The average molecular weight is 614 g/mol. The maximum absolute atomic E-state index is 12.6. The number of rotatable bonds is 20. The summed E-state index contributed by atoms with van der Waals surface area (Å²) >= 11 is 0. The van der Waals surface area contributed by atoms with Crippen molar-refractivity contribution in [3.8, 4) is 11.1 Å². The van der Waals surface area contributed by atoms with Crippen LogP contribution in [-0.4, -0.2) is 97.0 Å². The van der Waals surface area contributed by atoms with Gasteiger partial charge in [0.1, 0.15) is 0 Å². The van der Waals surface area contributed by atoms with Crippen LogP contribution in [0.5, 0.6) is 0 Å². The van der Waals surface area contributed by atoms with Crippen molar-refractivity contribution in [2.75, 3.05) is 84.1 Å². The van der Waals surface area contributed by atoms with Crippen molar-refractivity contribution >= 4 is 17.5 Å². The summed E-state index contributed by atoms with van der Waals surface area (Å²) in [6.07, 6.45) is 0.947. The second kappa shape index (κ2) is 19.5. The van der Waals surface area contributed by atoms with Crippen LogP contribution < -0.4 is 16.0 Å². The number of benzene rings is 2. The van der Waals surface area contributed by atoms with Gasteiger partial charge in [-0.05, 0) is 66.1 Å². The molecule has 1 aliphatic rings. The molecule has 2 amide bonds. The zero-order chi connectivity index (χ0) is 31.7. The van der Waals surface area contributed by atoms with E-state index >= 15 is 0 Å².